The first-order valence-corrected chi connectivity index (χ1v) is 8.16. The van der Waals surface area contributed by atoms with Crippen molar-refractivity contribution in [3.05, 3.63) is 47.9 Å². The third-order valence-electron chi connectivity index (χ3n) is 4.62. The maximum atomic E-state index is 12.9. The molecule has 124 valence electrons. The Morgan fingerprint density at radius 3 is 2.62 bits per heavy atom. The van der Waals surface area contributed by atoms with Gasteiger partial charge in [0.15, 0.2) is 0 Å². The first kappa shape index (κ1) is 14.7. The number of hydrogen-bond donors (Lipinski definition) is 1. The van der Waals surface area contributed by atoms with Crippen molar-refractivity contribution in [2.45, 2.75) is 13.5 Å². The van der Waals surface area contributed by atoms with Crippen molar-refractivity contribution in [3.8, 4) is 0 Å². The maximum Gasteiger partial charge on any atom is 0.253 e. The Bertz CT molecular complexity index is 773. The number of benzene rings is 1. The molecule has 0 bridgehead atoms. The van der Waals surface area contributed by atoms with Crippen LogP contribution >= 0.6 is 0 Å². The maximum absolute atomic E-state index is 12.9. The zero-order valence-corrected chi connectivity index (χ0v) is 13.6. The van der Waals surface area contributed by atoms with E-state index in [1.807, 2.05) is 30.0 Å². The number of carbonyl (C=O) groups is 1. The topological polar surface area (TPSA) is 66.3 Å². The van der Waals surface area contributed by atoms with Gasteiger partial charge in [-0.1, -0.05) is 18.2 Å². The zero-order valence-electron chi connectivity index (χ0n) is 13.6. The van der Waals surface area contributed by atoms with Crippen LogP contribution in [0, 0.1) is 0 Å². The number of nitrogens with one attached hydrogen (secondary N) is 1. The molecule has 1 saturated heterocycles. The van der Waals surface area contributed by atoms with Gasteiger partial charge in [0.2, 0.25) is 5.95 Å². The molecule has 0 unspecified atom stereocenters. The van der Waals surface area contributed by atoms with E-state index in [1.54, 1.807) is 4.68 Å². The summed E-state index contributed by atoms with van der Waals surface area (Å²) in [7, 11) is 0. The van der Waals surface area contributed by atoms with Gasteiger partial charge in [-0.2, -0.15) is 10.1 Å². The number of fused-ring (bicyclic) bond motifs is 1. The van der Waals surface area contributed by atoms with Crippen LogP contribution < -0.4 is 10.2 Å². The molecule has 0 atom stereocenters. The Balaban J connectivity index is 1.43. The van der Waals surface area contributed by atoms with Crippen LogP contribution in [0.25, 0.3) is 0 Å². The van der Waals surface area contributed by atoms with E-state index >= 15 is 0 Å². The standard InChI is InChI=1S/C17H20N6O/c1-13-15(11-23-17(20-13)18-12-19-23)16(24)22-9-7-21(8-10-22)14-5-3-2-4-6-14/h2-6,12H,7-11H2,1H3,(H,18,19,20). The lowest BCUT2D eigenvalue weighted by Crippen LogP contribution is -2.49. The van der Waals surface area contributed by atoms with E-state index < -0.39 is 0 Å². The lowest BCUT2D eigenvalue weighted by molar-refractivity contribution is -0.127. The van der Waals surface area contributed by atoms with E-state index in [0.717, 1.165) is 37.4 Å². The number of carbonyl (C=O) groups excluding carboxylic acids is 1. The van der Waals surface area contributed by atoms with E-state index in [2.05, 4.69) is 32.4 Å². The number of allylic oxidation sites excluding steroid dienone is 1. The molecule has 3 heterocycles. The molecule has 0 radical (unpaired) electrons. The number of nitrogens with zero attached hydrogens (tertiary/aromatic N) is 5. The van der Waals surface area contributed by atoms with Gasteiger partial charge in [-0.15, -0.1) is 0 Å². The predicted octanol–water partition coefficient (Wildman–Crippen LogP) is 1.33. The molecule has 7 nitrogen and oxygen atoms in total. The van der Waals surface area contributed by atoms with Crippen molar-refractivity contribution in [2.75, 3.05) is 36.4 Å². The van der Waals surface area contributed by atoms with E-state index in [-0.39, 0.29) is 5.91 Å². The molecule has 2 aromatic rings. The lowest BCUT2D eigenvalue weighted by atomic mass is 10.1. The van der Waals surface area contributed by atoms with E-state index in [0.29, 0.717) is 12.5 Å². The van der Waals surface area contributed by atoms with Crippen molar-refractivity contribution in [1.82, 2.24) is 19.7 Å². The minimum atomic E-state index is 0.0915. The third-order valence-corrected chi connectivity index (χ3v) is 4.62. The Kier molecular flexibility index (Phi) is 3.68. The molecule has 4 rings (SSSR count). The molecule has 1 fully saturated rings. The zero-order chi connectivity index (χ0) is 16.5. The highest BCUT2D eigenvalue weighted by atomic mass is 16.2. The fourth-order valence-corrected chi connectivity index (χ4v) is 3.21. The summed E-state index contributed by atoms with van der Waals surface area (Å²) in [6, 6.07) is 10.3. The fourth-order valence-electron chi connectivity index (χ4n) is 3.21. The van der Waals surface area contributed by atoms with Crippen molar-refractivity contribution in [3.63, 3.8) is 0 Å². The van der Waals surface area contributed by atoms with Gasteiger partial charge in [-0.25, -0.2) is 4.68 Å². The predicted molar refractivity (Wildman–Crippen MR) is 91.6 cm³/mol. The third kappa shape index (κ3) is 2.62. The van der Waals surface area contributed by atoms with Crippen LogP contribution in [0.15, 0.2) is 47.9 Å². The van der Waals surface area contributed by atoms with Gasteiger partial charge in [-0.05, 0) is 19.1 Å². The van der Waals surface area contributed by atoms with Gasteiger partial charge in [0.05, 0.1) is 12.1 Å². The van der Waals surface area contributed by atoms with Crippen molar-refractivity contribution in [2.24, 2.45) is 0 Å². The molecule has 1 amide bonds. The van der Waals surface area contributed by atoms with E-state index in [9.17, 15) is 4.79 Å². The monoisotopic (exact) mass is 324 g/mol. The van der Waals surface area contributed by atoms with Crippen molar-refractivity contribution in [1.29, 1.82) is 0 Å². The molecule has 2 aliphatic heterocycles. The number of para-hydroxylation sites is 1. The molecule has 24 heavy (non-hydrogen) atoms. The summed E-state index contributed by atoms with van der Waals surface area (Å²) in [5.74, 6) is 0.784. The summed E-state index contributed by atoms with van der Waals surface area (Å²) < 4.78 is 1.72. The highest BCUT2D eigenvalue weighted by molar-refractivity contribution is 5.95. The first-order valence-electron chi connectivity index (χ1n) is 8.16. The second-order valence-corrected chi connectivity index (χ2v) is 6.08. The second kappa shape index (κ2) is 5.99. The summed E-state index contributed by atoms with van der Waals surface area (Å²) in [6.45, 7) is 5.56. The van der Waals surface area contributed by atoms with Crippen molar-refractivity contribution >= 4 is 17.5 Å². The highest BCUT2D eigenvalue weighted by Crippen LogP contribution is 2.22. The van der Waals surface area contributed by atoms with E-state index in [4.69, 9.17) is 0 Å². The molecular weight excluding hydrogens is 304 g/mol. The van der Waals surface area contributed by atoms with Crippen LogP contribution in [0.5, 0.6) is 0 Å². The molecular formula is C17H20N6O. The van der Waals surface area contributed by atoms with Gasteiger partial charge in [-0.3, -0.25) is 4.79 Å². The number of rotatable bonds is 2. The van der Waals surface area contributed by atoms with Gasteiger partial charge < -0.3 is 15.1 Å². The van der Waals surface area contributed by atoms with Crippen LogP contribution in [-0.2, 0) is 11.3 Å². The molecule has 1 aromatic heterocycles. The van der Waals surface area contributed by atoms with Crippen molar-refractivity contribution < 1.29 is 4.79 Å². The van der Waals surface area contributed by atoms with Crippen LogP contribution in [0.1, 0.15) is 6.92 Å². The summed E-state index contributed by atoms with van der Waals surface area (Å²) in [6.07, 6.45) is 1.50. The Labute approximate surface area is 140 Å². The average molecular weight is 324 g/mol. The van der Waals surface area contributed by atoms with Gasteiger partial charge >= 0.3 is 0 Å². The summed E-state index contributed by atoms with van der Waals surface area (Å²) >= 11 is 0. The average Bonchev–Trinajstić information content (AvgIpc) is 3.08. The lowest BCUT2D eigenvalue weighted by Gasteiger charge is -2.37. The van der Waals surface area contributed by atoms with Crippen LogP contribution in [0.3, 0.4) is 0 Å². The Morgan fingerprint density at radius 2 is 1.88 bits per heavy atom. The number of piperazine rings is 1. The summed E-state index contributed by atoms with van der Waals surface area (Å²) in [5.41, 5.74) is 2.85. The Hall–Kier alpha value is -2.83. The smallest absolute Gasteiger partial charge is 0.253 e. The number of hydrogen-bond acceptors (Lipinski definition) is 5. The van der Waals surface area contributed by atoms with Crippen LogP contribution in [0.4, 0.5) is 11.6 Å². The number of aromatic nitrogens is 3. The summed E-state index contributed by atoms with van der Waals surface area (Å²) in [5, 5.41) is 7.31. The largest absolute Gasteiger partial charge is 0.368 e. The number of anilines is 2. The Morgan fingerprint density at radius 1 is 1.12 bits per heavy atom. The molecule has 0 saturated carbocycles. The highest BCUT2D eigenvalue weighted by Gasteiger charge is 2.28. The first-order chi connectivity index (χ1) is 11.7. The number of amides is 1. The second-order valence-electron chi connectivity index (χ2n) is 6.08. The quantitative estimate of drug-likeness (QED) is 0.903. The minimum Gasteiger partial charge on any atom is -0.368 e. The summed E-state index contributed by atoms with van der Waals surface area (Å²) in [4.78, 5) is 21.3. The van der Waals surface area contributed by atoms with Gasteiger partial charge in [0.1, 0.15) is 6.33 Å². The van der Waals surface area contributed by atoms with Crippen LogP contribution in [-0.4, -0.2) is 51.8 Å². The molecule has 7 heteroatoms. The molecule has 2 aliphatic rings. The molecule has 0 spiro atoms. The normalized spacial score (nSPS) is 17.5. The molecule has 0 aliphatic carbocycles. The molecule has 1 N–H and O–H groups in total. The fraction of sp³-hybridized carbons (Fsp3) is 0.353. The minimum absolute atomic E-state index is 0.0915. The van der Waals surface area contributed by atoms with Gasteiger partial charge in [0.25, 0.3) is 5.91 Å². The van der Waals surface area contributed by atoms with E-state index in [1.165, 1.54) is 12.0 Å². The molecule has 1 aromatic carbocycles. The van der Waals surface area contributed by atoms with Crippen LogP contribution in [0.2, 0.25) is 0 Å². The van der Waals surface area contributed by atoms with Gasteiger partial charge in [0, 0.05) is 37.6 Å². The SMILES string of the molecule is CC1=C(C(=O)N2CCN(c3ccccc3)CC2)Cn2ncnc2N1.